The third-order valence-corrected chi connectivity index (χ3v) is 3.48. The predicted molar refractivity (Wildman–Crippen MR) is 80.7 cm³/mol. The van der Waals surface area contributed by atoms with Crippen molar-refractivity contribution in [2.75, 3.05) is 13.1 Å². The SMILES string of the molecule is CCNCC(C)c1c(C)nc(-c2cnn(C)c2)nc1C. The molecule has 1 unspecified atom stereocenters. The lowest BCUT2D eigenvalue weighted by atomic mass is 9.98. The van der Waals surface area contributed by atoms with E-state index < -0.39 is 0 Å². The highest BCUT2D eigenvalue weighted by Crippen LogP contribution is 2.24. The Kier molecular flexibility index (Phi) is 4.49. The lowest BCUT2D eigenvalue weighted by molar-refractivity contribution is 0.624. The van der Waals surface area contributed by atoms with Crippen LogP contribution in [0.2, 0.25) is 0 Å². The summed E-state index contributed by atoms with van der Waals surface area (Å²) in [6.07, 6.45) is 3.74. The lowest BCUT2D eigenvalue weighted by Crippen LogP contribution is -2.21. The molecule has 2 rings (SSSR count). The van der Waals surface area contributed by atoms with Crippen LogP contribution in [0.3, 0.4) is 0 Å². The Hall–Kier alpha value is -1.75. The average molecular weight is 273 g/mol. The zero-order chi connectivity index (χ0) is 14.7. The number of rotatable bonds is 5. The van der Waals surface area contributed by atoms with Gasteiger partial charge in [-0.05, 0) is 31.9 Å². The molecule has 0 aromatic carbocycles. The molecule has 0 saturated heterocycles. The van der Waals surface area contributed by atoms with Gasteiger partial charge in [-0.1, -0.05) is 13.8 Å². The van der Waals surface area contributed by atoms with Crippen LogP contribution in [0.25, 0.3) is 11.4 Å². The molecule has 2 heterocycles. The molecule has 0 bridgehead atoms. The number of nitrogens with zero attached hydrogens (tertiary/aromatic N) is 4. The standard InChI is InChI=1S/C15H23N5/c1-6-16-7-10(2)14-11(3)18-15(19-12(14)4)13-8-17-20(5)9-13/h8-10,16H,6-7H2,1-5H3. The molecular formula is C15H23N5. The van der Waals surface area contributed by atoms with E-state index in [0.29, 0.717) is 5.92 Å². The molecule has 0 amide bonds. The number of likely N-dealkylation sites (N-methyl/N-ethyl adjacent to an activating group) is 1. The molecule has 0 aliphatic heterocycles. The van der Waals surface area contributed by atoms with E-state index in [1.54, 1.807) is 10.9 Å². The molecule has 2 aromatic heterocycles. The van der Waals surface area contributed by atoms with Crippen molar-refractivity contribution in [3.05, 3.63) is 29.3 Å². The van der Waals surface area contributed by atoms with Crippen LogP contribution in [0.5, 0.6) is 0 Å². The Morgan fingerprint density at radius 1 is 1.25 bits per heavy atom. The van der Waals surface area contributed by atoms with Crippen molar-refractivity contribution in [3.63, 3.8) is 0 Å². The summed E-state index contributed by atoms with van der Waals surface area (Å²) in [5.41, 5.74) is 4.33. The van der Waals surface area contributed by atoms with Crippen LogP contribution in [0.1, 0.15) is 36.7 Å². The molecule has 0 saturated carbocycles. The minimum Gasteiger partial charge on any atom is -0.316 e. The molecule has 0 radical (unpaired) electrons. The summed E-state index contributed by atoms with van der Waals surface area (Å²) in [7, 11) is 1.90. The normalized spacial score (nSPS) is 12.7. The minimum absolute atomic E-state index is 0.415. The van der Waals surface area contributed by atoms with Crippen LogP contribution >= 0.6 is 0 Å². The Balaban J connectivity index is 2.33. The van der Waals surface area contributed by atoms with Crippen molar-refractivity contribution in [1.29, 1.82) is 0 Å². The largest absolute Gasteiger partial charge is 0.316 e. The van der Waals surface area contributed by atoms with Crippen LogP contribution < -0.4 is 5.32 Å². The van der Waals surface area contributed by atoms with E-state index in [2.05, 4.69) is 48.1 Å². The third-order valence-electron chi connectivity index (χ3n) is 3.48. The summed E-state index contributed by atoms with van der Waals surface area (Å²) >= 11 is 0. The first-order valence-corrected chi connectivity index (χ1v) is 7.07. The second-order valence-corrected chi connectivity index (χ2v) is 5.24. The molecular weight excluding hydrogens is 250 g/mol. The maximum atomic E-state index is 4.65. The van der Waals surface area contributed by atoms with Crippen molar-refractivity contribution in [3.8, 4) is 11.4 Å². The fraction of sp³-hybridized carbons (Fsp3) is 0.533. The topological polar surface area (TPSA) is 55.6 Å². The molecule has 0 fully saturated rings. The van der Waals surface area contributed by atoms with Crippen LogP contribution in [0.15, 0.2) is 12.4 Å². The lowest BCUT2D eigenvalue weighted by Gasteiger charge is -2.17. The van der Waals surface area contributed by atoms with Crippen LogP contribution in [0, 0.1) is 13.8 Å². The number of aromatic nitrogens is 4. The molecule has 108 valence electrons. The second-order valence-electron chi connectivity index (χ2n) is 5.24. The van der Waals surface area contributed by atoms with Gasteiger partial charge in [-0.2, -0.15) is 5.10 Å². The van der Waals surface area contributed by atoms with Gasteiger partial charge in [0.1, 0.15) is 0 Å². The second kappa shape index (κ2) is 6.13. The van der Waals surface area contributed by atoms with Gasteiger partial charge in [-0.25, -0.2) is 9.97 Å². The van der Waals surface area contributed by atoms with E-state index in [1.807, 2.05) is 13.2 Å². The van der Waals surface area contributed by atoms with Gasteiger partial charge >= 0.3 is 0 Å². The molecule has 1 atom stereocenters. The fourth-order valence-corrected chi connectivity index (χ4v) is 2.57. The van der Waals surface area contributed by atoms with Crippen molar-refractivity contribution in [2.24, 2.45) is 7.05 Å². The van der Waals surface area contributed by atoms with Crippen molar-refractivity contribution in [1.82, 2.24) is 25.1 Å². The smallest absolute Gasteiger partial charge is 0.162 e. The van der Waals surface area contributed by atoms with E-state index in [9.17, 15) is 0 Å². The minimum atomic E-state index is 0.415. The van der Waals surface area contributed by atoms with E-state index in [0.717, 1.165) is 35.9 Å². The summed E-state index contributed by atoms with van der Waals surface area (Å²) in [6, 6.07) is 0. The number of aryl methyl sites for hydroxylation is 3. The summed E-state index contributed by atoms with van der Waals surface area (Å²) in [5.74, 6) is 1.17. The van der Waals surface area contributed by atoms with Crippen molar-refractivity contribution >= 4 is 0 Å². The highest BCUT2D eigenvalue weighted by atomic mass is 15.2. The summed E-state index contributed by atoms with van der Waals surface area (Å²) in [6.45, 7) is 10.4. The molecule has 5 nitrogen and oxygen atoms in total. The van der Waals surface area contributed by atoms with Gasteiger partial charge in [-0.3, -0.25) is 4.68 Å². The van der Waals surface area contributed by atoms with E-state index in [4.69, 9.17) is 0 Å². The molecule has 20 heavy (non-hydrogen) atoms. The first kappa shape index (κ1) is 14.7. The molecule has 2 aromatic rings. The number of nitrogens with one attached hydrogen (secondary N) is 1. The molecule has 5 heteroatoms. The van der Waals surface area contributed by atoms with Crippen molar-refractivity contribution < 1.29 is 0 Å². The Labute approximate surface area is 120 Å². The Bertz CT molecular complexity index is 565. The molecule has 0 aliphatic rings. The zero-order valence-electron chi connectivity index (χ0n) is 12.9. The van der Waals surface area contributed by atoms with E-state index >= 15 is 0 Å². The summed E-state index contributed by atoms with van der Waals surface area (Å²) < 4.78 is 1.77. The monoisotopic (exact) mass is 273 g/mol. The van der Waals surface area contributed by atoms with E-state index in [1.165, 1.54) is 5.56 Å². The number of hydrogen-bond acceptors (Lipinski definition) is 4. The van der Waals surface area contributed by atoms with Gasteiger partial charge in [0.05, 0.1) is 11.8 Å². The van der Waals surface area contributed by atoms with Gasteiger partial charge in [0, 0.05) is 31.2 Å². The molecule has 0 spiro atoms. The molecule has 0 aliphatic carbocycles. The van der Waals surface area contributed by atoms with Gasteiger partial charge in [0.2, 0.25) is 0 Å². The quantitative estimate of drug-likeness (QED) is 0.907. The maximum absolute atomic E-state index is 4.65. The Morgan fingerprint density at radius 2 is 1.90 bits per heavy atom. The highest BCUT2D eigenvalue weighted by Gasteiger charge is 2.16. The highest BCUT2D eigenvalue weighted by molar-refractivity contribution is 5.53. The van der Waals surface area contributed by atoms with Crippen LogP contribution in [-0.4, -0.2) is 32.8 Å². The first-order chi connectivity index (χ1) is 9.52. The molecule has 1 N–H and O–H groups in total. The first-order valence-electron chi connectivity index (χ1n) is 7.07. The van der Waals surface area contributed by atoms with Gasteiger partial charge in [0.15, 0.2) is 5.82 Å². The average Bonchev–Trinajstić information content (AvgIpc) is 2.82. The summed E-state index contributed by atoms with van der Waals surface area (Å²) in [5, 5.41) is 7.56. The van der Waals surface area contributed by atoms with Gasteiger partial charge in [-0.15, -0.1) is 0 Å². The van der Waals surface area contributed by atoms with Gasteiger partial charge in [0.25, 0.3) is 0 Å². The van der Waals surface area contributed by atoms with Gasteiger partial charge < -0.3 is 5.32 Å². The fourth-order valence-electron chi connectivity index (χ4n) is 2.57. The van der Waals surface area contributed by atoms with Crippen molar-refractivity contribution in [2.45, 2.75) is 33.6 Å². The third kappa shape index (κ3) is 3.04. The maximum Gasteiger partial charge on any atom is 0.162 e. The Morgan fingerprint density at radius 3 is 2.40 bits per heavy atom. The van der Waals surface area contributed by atoms with Crippen LogP contribution in [0.4, 0.5) is 0 Å². The predicted octanol–water partition coefficient (Wildman–Crippen LogP) is 2.21. The number of hydrogen-bond donors (Lipinski definition) is 1. The summed E-state index contributed by atoms with van der Waals surface area (Å²) in [4.78, 5) is 9.31. The van der Waals surface area contributed by atoms with E-state index in [-0.39, 0.29) is 0 Å². The zero-order valence-corrected chi connectivity index (χ0v) is 12.9. The van der Waals surface area contributed by atoms with Crippen LogP contribution in [-0.2, 0) is 7.05 Å².